The van der Waals surface area contributed by atoms with Gasteiger partial charge in [0.2, 0.25) is 5.91 Å². The molecule has 1 aromatic heterocycles. The van der Waals surface area contributed by atoms with Gasteiger partial charge in [-0.15, -0.1) is 11.8 Å². The van der Waals surface area contributed by atoms with E-state index in [9.17, 15) is 4.79 Å². The molecule has 1 aliphatic rings. The summed E-state index contributed by atoms with van der Waals surface area (Å²) < 4.78 is 0. The van der Waals surface area contributed by atoms with Crippen LogP contribution in [-0.4, -0.2) is 43.9 Å². The van der Waals surface area contributed by atoms with Crippen LogP contribution in [0.4, 0.5) is 0 Å². The molecule has 1 atom stereocenters. The lowest BCUT2D eigenvalue weighted by molar-refractivity contribution is -0.128. The van der Waals surface area contributed by atoms with Crippen molar-refractivity contribution in [3.8, 4) is 0 Å². The Morgan fingerprint density at radius 3 is 3.00 bits per heavy atom. The van der Waals surface area contributed by atoms with Crippen LogP contribution in [0.25, 0.3) is 0 Å². The maximum Gasteiger partial charge on any atom is 0.233 e. The molecule has 6 heteroatoms. The summed E-state index contributed by atoms with van der Waals surface area (Å²) in [5, 5.41) is 0.299. The molecule has 4 nitrogen and oxygen atoms in total. The Kier molecular flexibility index (Phi) is 4.88. The van der Waals surface area contributed by atoms with Crippen LogP contribution in [0.1, 0.15) is 17.8 Å². The highest BCUT2D eigenvalue weighted by Gasteiger charge is 2.31. The Hall–Kier alpha value is -0.750. The lowest BCUT2D eigenvalue weighted by Crippen LogP contribution is -2.32. The number of aromatic nitrogens is 2. The minimum atomic E-state index is 0.216. The highest BCUT2D eigenvalue weighted by Crippen LogP contribution is 2.29. The molecule has 1 fully saturated rings. The van der Waals surface area contributed by atoms with Crippen molar-refractivity contribution in [2.75, 3.05) is 17.8 Å². The van der Waals surface area contributed by atoms with Crippen molar-refractivity contribution in [1.82, 2.24) is 14.9 Å². The Morgan fingerprint density at radius 2 is 2.33 bits per heavy atom. The van der Waals surface area contributed by atoms with Gasteiger partial charge in [-0.05, 0) is 25.4 Å². The highest BCUT2D eigenvalue weighted by molar-refractivity contribution is 8.01. The molecule has 2 heterocycles. The molecule has 1 saturated heterocycles. The second-order valence-corrected chi connectivity index (χ2v) is 6.37. The molecular formula is C12H17N3OS2. The van der Waals surface area contributed by atoms with E-state index in [4.69, 9.17) is 0 Å². The molecule has 0 aliphatic carbocycles. The van der Waals surface area contributed by atoms with Gasteiger partial charge in [0.25, 0.3) is 0 Å². The quantitative estimate of drug-likeness (QED) is 0.826. The number of carbonyl (C=O) groups is 1. The first-order chi connectivity index (χ1) is 8.70. The van der Waals surface area contributed by atoms with Crippen LogP contribution in [0, 0.1) is 6.92 Å². The predicted molar refractivity (Wildman–Crippen MR) is 76.6 cm³/mol. The van der Waals surface area contributed by atoms with Gasteiger partial charge in [-0.25, -0.2) is 0 Å². The van der Waals surface area contributed by atoms with Gasteiger partial charge < -0.3 is 4.90 Å². The number of carbonyl (C=O) groups excluding carboxylic acids is 1. The summed E-state index contributed by atoms with van der Waals surface area (Å²) in [7, 11) is 0. The maximum absolute atomic E-state index is 11.9. The van der Waals surface area contributed by atoms with E-state index >= 15 is 0 Å². The van der Waals surface area contributed by atoms with Gasteiger partial charge in [0.1, 0.15) is 0 Å². The van der Waals surface area contributed by atoms with Gasteiger partial charge in [-0.3, -0.25) is 14.8 Å². The van der Waals surface area contributed by atoms with Crippen LogP contribution in [0.3, 0.4) is 0 Å². The van der Waals surface area contributed by atoms with Crippen molar-refractivity contribution in [3.05, 3.63) is 23.8 Å². The summed E-state index contributed by atoms with van der Waals surface area (Å²) in [5.41, 5.74) is 1.77. The van der Waals surface area contributed by atoms with Crippen molar-refractivity contribution in [2.45, 2.75) is 25.3 Å². The number of aryl methyl sites for hydroxylation is 1. The standard InChI is InChI=1S/C12H17N3OS2/c1-9-5-14-10(6-13-9)7-15-11(16)8-18-12(15)3-4-17-2/h5-6,12H,3-4,7-8H2,1-2H3. The summed E-state index contributed by atoms with van der Waals surface area (Å²) in [5.74, 6) is 1.90. The van der Waals surface area contributed by atoms with Crippen molar-refractivity contribution >= 4 is 29.4 Å². The van der Waals surface area contributed by atoms with Crippen LogP contribution in [0.2, 0.25) is 0 Å². The molecular weight excluding hydrogens is 266 g/mol. The molecule has 1 amide bonds. The smallest absolute Gasteiger partial charge is 0.233 e. The summed E-state index contributed by atoms with van der Waals surface area (Å²) in [4.78, 5) is 22.3. The van der Waals surface area contributed by atoms with Crippen LogP contribution >= 0.6 is 23.5 Å². The summed E-state index contributed by atoms with van der Waals surface area (Å²) >= 11 is 3.56. The van der Waals surface area contributed by atoms with E-state index in [1.54, 1.807) is 24.2 Å². The van der Waals surface area contributed by atoms with E-state index < -0.39 is 0 Å². The van der Waals surface area contributed by atoms with Gasteiger partial charge in [-0.1, -0.05) is 0 Å². The number of nitrogens with zero attached hydrogens (tertiary/aromatic N) is 3. The normalized spacial score (nSPS) is 19.6. The molecule has 0 aromatic carbocycles. The topological polar surface area (TPSA) is 46.1 Å². The summed E-state index contributed by atoms with van der Waals surface area (Å²) in [6, 6.07) is 0. The van der Waals surface area contributed by atoms with Crippen molar-refractivity contribution in [3.63, 3.8) is 0 Å². The second kappa shape index (κ2) is 6.43. The fraction of sp³-hybridized carbons (Fsp3) is 0.583. The minimum absolute atomic E-state index is 0.216. The Balaban J connectivity index is 2.00. The third-order valence-corrected chi connectivity index (χ3v) is 4.74. The number of hydrogen-bond acceptors (Lipinski definition) is 5. The monoisotopic (exact) mass is 283 g/mol. The first kappa shape index (κ1) is 13.7. The predicted octanol–water partition coefficient (Wildman–Crippen LogP) is 1.94. The fourth-order valence-corrected chi connectivity index (χ4v) is 3.59. The van der Waals surface area contributed by atoms with E-state index in [0.717, 1.165) is 23.6 Å². The lowest BCUT2D eigenvalue weighted by Gasteiger charge is -2.23. The largest absolute Gasteiger partial charge is 0.324 e. The third kappa shape index (κ3) is 3.38. The molecule has 0 spiro atoms. The van der Waals surface area contributed by atoms with E-state index in [2.05, 4.69) is 16.2 Å². The molecule has 98 valence electrons. The Morgan fingerprint density at radius 1 is 1.50 bits per heavy atom. The number of amides is 1. The molecule has 0 saturated carbocycles. The Labute approximate surface area is 116 Å². The molecule has 0 bridgehead atoms. The second-order valence-electron chi connectivity index (χ2n) is 4.22. The molecule has 0 N–H and O–H groups in total. The minimum Gasteiger partial charge on any atom is -0.324 e. The van der Waals surface area contributed by atoms with E-state index in [1.165, 1.54) is 0 Å². The van der Waals surface area contributed by atoms with Crippen molar-refractivity contribution in [1.29, 1.82) is 0 Å². The first-order valence-corrected chi connectivity index (χ1v) is 8.32. The van der Waals surface area contributed by atoms with Crippen LogP contribution in [-0.2, 0) is 11.3 Å². The summed E-state index contributed by atoms with van der Waals surface area (Å²) in [6.45, 7) is 2.49. The zero-order valence-corrected chi connectivity index (χ0v) is 12.3. The van der Waals surface area contributed by atoms with Crippen LogP contribution in [0.5, 0.6) is 0 Å². The highest BCUT2D eigenvalue weighted by atomic mass is 32.2. The molecule has 18 heavy (non-hydrogen) atoms. The fourth-order valence-electron chi connectivity index (χ4n) is 1.82. The third-order valence-electron chi connectivity index (χ3n) is 2.80. The van der Waals surface area contributed by atoms with Gasteiger partial charge in [-0.2, -0.15) is 11.8 Å². The molecule has 0 radical (unpaired) electrons. The Bertz CT molecular complexity index is 410. The number of thioether (sulfide) groups is 2. The SMILES string of the molecule is CSCCC1SCC(=O)N1Cc1cnc(C)cn1. The average Bonchev–Trinajstić information content (AvgIpc) is 2.71. The number of rotatable bonds is 5. The molecule has 1 aromatic rings. The summed E-state index contributed by atoms with van der Waals surface area (Å²) in [6.07, 6.45) is 6.64. The van der Waals surface area contributed by atoms with E-state index in [-0.39, 0.29) is 5.91 Å². The molecule has 1 aliphatic heterocycles. The zero-order chi connectivity index (χ0) is 13.0. The van der Waals surface area contributed by atoms with Crippen molar-refractivity contribution < 1.29 is 4.79 Å². The molecule has 2 rings (SSSR count). The van der Waals surface area contributed by atoms with Crippen molar-refractivity contribution in [2.24, 2.45) is 0 Å². The molecule has 1 unspecified atom stereocenters. The van der Waals surface area contributed by atoms with E-state index in [1.807, 2.05) is 23.6 Å². The van der Waals surface area contributed by atoms with Gasteiger partial charge in [0.15, 0.2) is 0 Å². The number of hydrogen-bond donors (Lipinski definition) is 0. The van der Waals surface area contributed by atoms with Crippen LogP contribution in [0.15, 0.2) is 12.4 Å². The lowest BCUT2D eigenvalue weighted by atomic mass is 10.3. The van der Waals surface area contributed by atoms with Gasteiger partial charge >= 0.3 is 0 Å². The van der Waals surface area contributed by atoms with Crippen LogP contribution < -0.4 is 0 Å². The van der Waals surface area contributed by atoms with Gasteiger partial charge in [0, 0.05) is 6.20 Å². The maximum atomic E-state index is 11.9. The zero-order valence-electron chi connectivity index (χ0n) is 10.6. The van der Waals surface area contributed by atoms with Gasteiger partial charge in [0.05, 0.1) is 35.3 Å². The first-order valence-electron chi connectivity index (χ1n) is 5.88. The van der Waals surface area contributed by atoms with E-state index in [0.29, 0.717) is 17.7 Å². The average molecular weight is 283 g/mol.